The van der Waals surface area contributed by atoms with E-state index in [9.17, 15) is 10.2 Å². The van der Waals surface area contributed by atoms with Crippen LogP contribution in [0.2, 0.25) is 0 Å². The van der Waals surface area contributed by atoms with Gasteiger partial charge in [0.25, 0.3) is 11.6 Å². The van der Waals surface area contributed by atoms with Crippen LogP contribution in [0.25, 0.3) is 0 Å². The van der Waals surface area contributed by atoms with Crippen molar-refractivity contribution < 1.29 is 24.4 Å². The molecule has 2 aliphatic heterocycles. The Morgan fingerprint density at radius 3 is 2.80 bits per heavy atom. The number of ether oxygens (including phenoxy) is 3. The fourth-order valence-corrected chi connectivity index (χ4v) is 5.85. The molecule has 0 amide bonds. The van der Waals surface area contributed by atoms with Crippen molar-refractivity contribution in [1.82, 2.24) is 4.90 Å². The highest BCUT2D eigenvalue weighted by Crippen LogP contribution is 2.68. The number of likely N-dealkylation sites (tertiary alicyclic amines) is 1. The molecule has 0 aromatic heterocycles. The van der Waals surface area contributed by atoms with Crippen molar-refractivity contribution in [3.05, 3.63) is 35.4 Å². The van der Waals surface area contributed by atoms with Crippen LogP contribution < -0.4 is 4.74 Å². The van der Waals surface area contributed by atoms with Crippen molar-refractivity contribution in [2.75, 3.05) is 27.8 Å². The Bertz CT molecular complexity index is 794. The van der Waals surface area contributed by atoms with Crippen molar-refractivity contribution in [2.45, 2.75) is 35.9 Å². The normalized spacial score (nSPS) is 43.7. The van der Waals surface area contributed by atoms with E-state index in [1.807, 2.05) is 12.1 Å². The lowest BCUT2D eigenvalue weighted by molar-refractivity contribution is -0.370. The second-order valence-electron chi connectivity index (χ2n) is 7.63. The maximum atomic E-state index is 11.3. The van der Waals surface area contributed by atoms with Gasteiger partial charge in [-0.25, -0.2) is 0 Å². The van der Waals surface area contributed by atoms with Gasteiger partial charge in [0.2, 0.25) is 0 Å². The van der Waals surface area contributed by atoms with Crippen molar-refractivity contribution >= 4 is 0 Å². The van der Waals surface area contributed by atoms with E-state index in [0.717, 1.165) is 30.5 Å². The Morgan fingerprint density at radius 1 is 1.28 bits per heavy atom. The zero-order valence-electron chi connectivity index (χ0n) is 14.7. The molecule has 0 saturated carbocycles. The molecule has 1 fully saturated rings. The van der Waals surface area contributed by atoms with Crippen LogP contribution in [0.4, 0.5) is 0 Å². The number of methoxy groups -OCH3 is 2. The number of rotatable bonds is 2. The van der Waals surface area contributed by atoms with Crippen LogP contribution in [-0.2, 0) is 21.3 Å². The molecule has 0 unspecified atom stereocenters. The molecule has 1 aromatic rings. The van der Waals surface area contributed by atoms with Gasteiger partial charge in [-0.15, -0.1) is 0 Å². The number of aromatic hydroxyl groups is 1. The summed E-state index contributed by atoms with van der Waals surface area (Å²) in [5.74, 6) is -2.56. The SMILES string of the molecule is CO[C@@]12Oc3c(O)ccc4c3[C@@]13CCN(C)[C@H](C4)[C@@H]3C=C[C@@]2(O)OC. The number of hydrogen-bond acceptors (Lipinski definition) is 6. The Morgan fingerprint density at radius 2 is 2.08 bits per heavy atom. The van der Waals surface area contributed by atoms with E-state index in [1.165, 1.54) is 7.11 Å². The van der Waals surface area contributed by atoms with E-state index < -0.39 is 17.0 Å². The molecular formula is C19H23NO5. The molecule has 1 aromatic carbocycles. The number of phenolic OH excluding ortho intramolecular Hbond substituents is 1. The topological polar surface area (TPSA) is 71.4 Å². The lowest BCUT2D eigenvalue weighted by Gasteiger charge is -2.61. The minimum Gasteiger partial charge on any atom is -0.504 e. The summed E-state index contributed by atoms with van der Waals surface area (Å²) in [6.45, 7) is 0.859. The van der Waals surface area contributed by atoms with Crippen molar-refractivity contribution in [3.8, 4) is 11.5 Å². The van der Waals surface area contributed by atoms with Gasteiger partial charge in [0, 0.05) is 31.7 Å². The van der Waals surface area contributed by atoms with Crippen LogP contribution >= 0.6 is 0 Å². The number of nitrogens with zero attached hydrogens (tertiary/aromatic N) is 1. The van der Waals surface area contributed by atoms with Crippen molar-refractivity contribution in [3.63, 3.8) is 0 Å². The second-order valence-corrected chi connectivity index (χ2v) is 7.63. The Kier molecular flexibility index (Phi) is 2.86. The number of piperidine rings is 1. The lowest BCUT2D eigenvalue weighted by atomic mass is 9.51. The van der Waals surface area contributed by atoms with E-state index in [-0.39, 0.29) is 17.7 Å². The van der Waals surface area contributed by atoms with Gasteiger partial charge in [-0.2, -0.15) is 0 Å². The minimum atomic E-state index is -1.74. The molecule has 5 rings (SSSR count). The van der Waals surface area contributed by atoms with Gasteiger partial charge in [-0.3, -0.25) is 0 Å². The average molecular weight is 345 g/mol. The third-order valence-corrected chi connectivity index (χ3v) is 6.94. The van der Waals surface area contributed by atoms with E-state index in [4.69, 9.17) is 14.2 Å². The quantitative estimate of drug-likeness (QED) is 0.619. The second kappa shape index (κ2) is 4.57. The highest BCUT2D eigenvalue weighted by atomic mass is 16.8. The van der Waals surface area contributed by atoms with E-state index in [2.05, 4.69) is 11.9 Å². The van der Waals surface area contributed by atoms with E-state index in [0.29, 0.717) is 5.75 Å². The smallest absolute Gasteiger partial charge is 0.279 e. The highest BCUT2D eigenvalue weighted by molar-refractivity contribution is 5.63. The number of aliphatic hydroxyl groups is 1. The molecule has 2 N–H and O–H groups in total. The number of likely N-dealkylation sites (N-methyl/N-ethyl adjacent to an activating group) is 1. The Balaban J connectivity index is 1.90. The molecule has 25 heavy (non-hydrogen) atoms. The van der Waals surface area contributed by atoms with Gasteiger partial charge in [-0.05, 0) is 44.1 Å². The first-order valence-corrected chi connectivity index (χ1v) is 8.71. The number of hydrogen-bond donors (Lipinski definition) is 2. The summed E-state index contributed by atoms with van der Waals surface area (Å²) >= 11 is 0. The third kappa shape index (κ3) is 1.44. The predicted octanol–water partition coefficient (Wildman–Crippen LogP) is 1.15. The number of phenols is 1. The molecule has 2 bridgehead atoms. The molecular weight excluding hydrogens is 322 g/mol. The zero-order valence-corrected chi connectivity index (χ0v) is 14.7. The van der Waals surface area contributed by atoms with Crippen LogP contribution in [0, 0.1) is 5.92 Å². The molecule has 2 heterocycles. The molecule has 6 heteroatoms. The van der Waals surface area contributed by atoms with Crippen LogP contribution in [-0.4, -0.2) is 60.5 Å². The van der Waals surface area contributed by atoms with E-state index >= 15 is 0 Å². The summed E-state index contributed by atoms with van der Waals surface area (Å²) in [7, 11) is 5.13. The first-order chi connectivity index (χ1) is 11.9. The standard InChI is InChI=1S/C19H23NO5/c1-20-9-8-17-12-6-7-18(22,23-2)19(17,24-3)25-16-14(21)5-4-11(15(16)17)10-13(12)20/h4-7,12-13,21-22H,8-10H2,1-3H3/t12-,13+,17-,18+,19+/m0/s1. The summed E-state index contributed by atoms with van der Waals surface area (Å²) in [6.07, 6.45) is 5.33. The molecule has 1 saturated heterocycles. The fraction of sp³-hybridized carbons (Fsp3) is 0.579. The zero-order chi connectivity index (χ0) is 17.6. The van der Waals surface area contributed by atoms with E-state index in [1.54, 1.807) is 19.3 Å². The summed E-state index contributed by atoms with van der Waals surface area (Å²) in [6, 6.07) is 3.92. The maximum Gasteiger partial charge on any atom is 0.279 e. The molecule has 1 spiro atoms. The van der Waals surface area contributed by atoms with Gasteiger partial charge in [0.15, 0.2) is 11.5 Å². The Labute approximate surface area is 146 Å². The summed E-state index contributed by atoms with van der Waals surface area (Å²) in [4.78, 5) is 2.37. The number of benzene rings is 1. The Hall–Kier alpha value is -1.60. The first-order valence-electron chi connectivity index (χ1n) is 8.71. The van der Waals surface area contributed by atoms with Crippen LogP contribution in [0.15, 0.2) is 24.3 Å². The van der Waals surface area contributed by atoms with Crippen LogP contribution in [0.3, 0.4) is 0 Å². The third-order valence-electron chi connectivity index (χ3n) is 6.94. The molecule has 0 radical (unpaired) electrons. The van der Waals surface area contributed by atoms with Crippen molar-refractivity contribution in [2.24, 2.45) is 5.92 Å². The van der Waals surface area contributed by atoms with Gasteiger partial charge in [-0.1, -0.05) is 12.1 Å². The largest absolute Gasteiger partial charge is 0.504 e. The lowest BCUT2D eigenvalue weighted by Crippen LogP contribution is -2.76. The summed E-state index contributed by atoms with van der Waals surface area (Å²) in [5.41, 5.74) is 1.52. The van der Waals surface area contributed by atoms with Gasteiger partial charge in [0.1, 0.15) is 0 Å². The summed E-state index contributed by atoms with van der Waals surface area (Å²) in [5, 5.41) is 21.8. The fourth-order valence-electron chi connectivity index (χ4n) is 5.85. The maximum absolute atomic E-state index is 11.3. The molecule has 6 nitrogen and oxygen atoms in total. The predicted molar refractivity (Wildman–Crippen MR) is 89.5 cm³/mol. The highest BCUT2D eigenvalue weighted by Gasteiger charge is 2.78. The van der Waals surface area contributed by atoms with Crippen molar-refractivity contribution in [1.29, 1.82) is 0 Å². The monoisotopic (exact) mass is 345 g/mol. The first kappa shape index (κ1) is 15.6. The minimum absolute atomic E-state index is 0.0773. The summed E-state index contributed by atoms with van der Waals surface area (Å²) < 4.78 is 17.7. The van der Waals surface area contributed by atoms with Gasteiger partial charge < -0.3 is 29.3 Å². The average Bonchev–Trinajstić information content (AvgIpc) is 2.94. The molecule has 2 aliphatic carbocycles. The van der Waals surface area contributed by atoms with Gasteiger partial charge in [0.05, 0.1) is 5.41 Å². The molecule has 134 valence electrons. The molecule has 5 atom stereocenters. The van der Waals surface area contributed by atoms with Crippen LogP contribution in [0.1, 0.15) is 17.5 Å². The van der Waals surface area contributed by atoms with Gasteiger partial charge >= 0.3 is 0 Å². The van der Waals surface area contributed by atoms with Crippen LogP contribution in [0.5, 0.6) is 11.5 Å². The molecule has 4 aliphatic rings.